The predicted octanol–water partition coefficient (Wildman–Crippen LogP) is 3.04. The molecule has 0 amide bonds. The minimum atomic E-state index is -0.460. The first-order chi connectivity index (χ1) is 9.97. The van der Waals surface area contributed by atoms with Crippen molar-refractivity contribution in [2.24, 2.45) is 7.05 Å². The van der Waals surface area contributed by atoms with Gasteiger partial charge in [-0.05, 0) is 30.7 Å². The van der Waals surface area contributed by atoms with Gasteiger partial charge in [0, 0.05) is 30.4 Å². The maximum atomic E-state index is 10.8. The van der Waals surface area contributed by atoms with E-state index in [4.69, 9.17) is 5.73 Å². The molecule has 106 valence electrons. The molecule has 6 nitrogen and oxygen atoms in total. The number of non-ortho nitro benzene ring substituents is 1. The highest BCUT2D eigenvalue weighted by Crippen LogP contribution is 2.30. The molecule has 0 unspecified atom stereocenters. The first-order valence-corrected chi connectivity index (χ1v) is 6.45. The topological polar surface area (TPSA) is 87.0 Å². The number of hydrogen-bond acceptors (Lipinski definition) is 4. The van der Waals surface area contributed by atoms with Crippen LogP contribution in [-0.4, -0.2) is 14.5 Å². The molecule has 0 fully saturated rings. The summed E-state index contributed by atoms with van der Waals surface area (Å²) in [5, 5.41) is 10.8. The summed E-state index contributed by atoms with van der Waals surface area (Å²) in [7, 11) is 1.90. The summed E-state index contributed by atoms with van der Waals surface area (Å²) < 4.78 is 1.94. The number of hydrogen-bond donors (Lipinski definition) is 1. The van der Waals surface area contributed by atoms with Gasteiger partial charge in [0.25, 0.3) is 5.69 Å². The van der Waals surface area contributed by atoms with Gasteiger partial charge in [-0.3, -0.25) is 10.1 Å². The van der Waals surface area contributed by atoms with Crippen LogP contribution >= 0.6 is 0 Å². The summed E-state index contributed by atoms with van der Waals surface area (Å²) in [6.07, 6.45) is 0. The monoisotopic (exact) mass is 282 g/mol. The average Bonchev–Trinajstić information content (AvgIpc) is 2.75. The number of aryl methyl sites for hydroxylation is 2. The van der Waals surface area contributed by atoms with Crippen molar-refractivity contribution in [1.82, 2.24) is 9.55 Å². The van der Waals surface area contributed by atoms with Gasteiger partial charge in [-0.25, -0.2) is 4.98 Å². The fourth-order valence-corrected chi connectivity index (χ4v) is 2.42. The van der Waals surface area contributed by atoms with Gasteiger partial charge in [-0.1, -0.05) is 6.07 Å². The number of anilines is 1. The van der Waals surface area contributed by atoms with Crippen LogP contribution in [0.15, 0.2) is 36.4 Å². The molecule has 0 spiro atoms. The third kappa shape index (κ3) is 2.10. The Hall–Kier alpha value is -2.89. The molecule has 0 aliphatic carbocycles. The minimum absolute atomic E-state index is 0.0224. The van der Waals surface area contributed by atoms with E-state index in [1.807, 2.05) is 36.7 Å². The van der Waals surface area contributed by atoms with Crippen molar-refractivity contribution in [3.05, 3.63) is 52.1 Å². The van der Waals surface area contributed by atoms with E-state index in [2.05, 4.69) is 4.98 Å². The maximum Gasteiger partial charge on any atom is 0.271 e. The molecule has 0 aliphatic heterocycles. The van der Waals surface area contributed by atoms with E-state index in [1.165, 1.54) is 12.1 Å². The number of nitro groups is 1. The lowest BCUT2D eigenvalue weighted by Gasteiger charge is -2.05. The van der Waals surface area contributed by atoms with Crippen LogP contribution in [0.25, 0.3) is 22.4 Å². The van der Waals surface area contributed by atoms with Crippen LogP contribution in [-0.2, 0) is 7.05 Å². The highest BCUT2D eigenvalue weighted by Gasteiger charge is 2.15. The Morgan fingerprint density at radius 3 is 2.67 bits per heavy atom. The van der Waals surface area contributed by atoms with Crippen LogP contribution in [0.4, 0.5) is 11.4 Å². The van der Waals surface area contributed by atoms with E-state index < -0.39 is 4.92 Å². The summed E-state index contributed by atoms with van der Waals surface area (Å²) in [4.78, 5) is 14.9. The molecule has 2 aromatic carbocycles. The Balaban J connectivity index is 2.21. The molecule has 1 heterocycles. The average molecular weight is 282 g/mol. The quantitative estimate of drug-likeness (QED) is 0.444. The van der Waals surface area contributed by atoms with Crippen molar-refractivity contribution in [2.45, 2.75) is 6.92 Å². The number of nitrogens with zero attached hydrogens (tertiary/aromatic N) is 3. The third-order valence-electron chi connectivity index (χ3n) is 3.52. The second-order valence-corrected chi connectivity index (χ2v) is 5.02. The Labute approximate surface area is 121 Å². The SMILES string of the molecule is Cc1ccc2c(c1)nc(-c1ccc([N+](=O)[O-])cc1N)n2C. The second kappa shape index (κ2) is 4.59. The first-order valence-electron chi connectivity index (χ1n) is 6.45. The molecule has 0 radical (unpaired) electrons. The van der Waals surface area contributed by atoms with Gasteiger partial charge in [-0.2, -0.15) is 0 Å². The summed E-state index contributed by atoms with van der Waals surface area (Å²) in [6, 6.07) is 10.5. The van der Waals surface area contributed by atoms with Gasteiger partial charge in [0.05, 0.1) is 16.0 Å². The zero-order chi connectivity index (χ0) is 15.1. The molecule has 0 atom stereocenters. The predicted molar refractivity (Wildman–Crippen MR) is 82.0 cm³/mol. The van der Waals surface area contributed by atoms with E-state index in [0.717, 1.165) is 16.6 Å². The molecule has 1 aromatic heterocycles. The van der Waals surface area contributed by atoms with Crippen molar-refractivity contribution in [1.29, 1.82) is 0 Å². The van der Waals surface area contributed by atoms with Crippen LogP contribution in [0.3, 0.4) is 0 Å². The molecule has 0 saturated heterocycles. The van der Waals surface area contributed by atoms with Gasteiger partial charge in [0.15, 0.2) is 0 Å². The van der Waals surface area contributed by atoms with Gasteiger partial charge in [-0.15, -0.1) is 0 Å². The number of fused-ring (bicyclic) bond motifs is 1. The summed E-state index contributed by atoms with van der Waals surface area (Å²) >= 11 is 0. The number of benzene rings is 2. The number of nitrogen functional groups attached to an aromatic ring is 1. The molecule has 2 N–H and O–H groups in total. The number of imidazole rings is 1. The van der Waals surface area contributed by atoms with E-state index in [9.17, 15) is 10.1 Å². The Morgan fingerprint density at radius 1 is 1.24 bits per heavy atom. The van der Waals surface area contributed by atoms with Crippen molar-refractivity contribution in [3.63, 3.8) is 0 Å². The standard InChI is InChI=1S/C15H14N4O2/c1-9-3-6-14-13(7-9)17-15(18(14)2)11-5-4-10(19(20)21)8-12(11)16/h3-8H,16H2,1-2H3. The van der Waals surface area contributed by atoms with Crippen LogP contribution in [0.5, 0.6) is 0 Å². The molecular formula is C15H14N4O2. The maximum absolute atomic E-state index is 10.8. The summed E-state index contributed by atoms with van der Waals surface area (Å²) in [6.45, 7) is 2.01. The Morgan fingerprint density at radius 2 is 2.00 bits per heavy atom. The molecule has 0 aliphatic rings. The lowest BCUT2D eigenvalue weighted by molar-refractivity contribution is -0.384. The summed E-state index contributed by atoms with van der Waals surface area (Å²) in [5.41, 5.74) is 9.97. The second-order valence-electron chi connectivity index (χ2n) is 5.02. The molecule has 21 heavy (non-hydrogen) atoms. The van der Waals surface area contributed by atoms with Crippen LogP contribution < -0.4 is 5.73 Å². The number of nitrogens with two attached hydrogens (primary N) is 1. The zero-order valence-electron chi connectivity index (χ0n) is 11.7. The van der Waals surface area contributed by atoms with Crippen molar-refractivity contribution >= 4 is 22.4 Å². The van der Waals surface area contributed by atoms with Crippen molar-refractivity contribution in [2.75, 3.05) is 5.73 Å². The number of rotatable bonds is 2. The molecular weight excluding hydrogens is 268 g/mol. The molecule has 0 saturated carbocycles. The lowest BCUT2D eigenvalue weighted by Crippen LogP contribution is -1.98. The Kier molecular flexibility index (Phi) is 2.86. The summed E-state index contributed by atoms with van der Waals surface area (Å²) in [5.74, 6) is 0.697. The van der Waals surface area contributed by atoms with E-state index in [1.54, 1.807) is 6.07 Å². The van der Waals surface area contributed by atoms with Crippen molar-refractivity contribution in [3.8, 4) is 11.4 Å². The normalized spacial score (nSPS) is 11.0. The largest absolute Gasteiger partial charge is 0.398 e. The number of aromatic nitrogens is 2. The highest BCUT2D eigenvalue weighted by molar-refractivity contribution is 5.84. The van der Waals surface area contributed by atoms with E-state index in [-0.39, 0.29) is 5.69 Å². The third-order valence-corrected chi connectivity index (χ3v) is 3.52. The van der Waals surface area contributed by atoms with Gasteiger partial charge in [0.2, 0.25) is 0 Å². The van der Waals surface area contributed by atoms with Crippen LogP contribution in [0.2, 0.25) is 0 Å². The van der Waals surface area contributed by atoms with E-state index >= 15 is 0 Å². The van der Waals surface area contributed by atoms with Gasteiger partial charge < -0.3 is 10.3 Å². The van der Waals surface area contributed by atoms with Gasteiger partial charge >= 0.3 is 0 Å². The molecule has 3 rings (SSSR count). The number of nitro benzene ring substituents is 1. The van der Waals surface area contributed by atoms with Gasteiger partial charge in [0.1, 0.15) is 5.82 Å². The lowest BCUT2D eigenvalue weighted by atomic mass is 10.1. The first kappa shape index (κ1) is 13.1. The molecule has 6 heteroatoms. The van der Waals surface area contributed by atoms with Crippen LogP contribution in [0, 0.1) is 17.0 Å². The highest BCUT2D eigenvalue weighted by atomic mass is 16.6. The molecule has 3 aromatic rings. The Bertz CT molecular complexity index is 867. The van der Waals surface area contributed by atoms with E-state index in [0.29, 0.717) is 17.1 Å². The fourth-order valence-electron chi connectivity index (χ4n) is 2.42. The molecule has 0 bridgehead atoms. The van der Waals surface area contributed by atoms with Crippen molar-refractivity contribution < 1.29 is 4.92 Å². The fraction of sp³-hybridized carbons (Fsp3) is 0.133. The smallest absolute Gasteiger partial charge is 0.271 e. The van der Waals surface area contributed by atoms with Crippen LogP contribution in [0.1, 0.15) is 5.56 Å². The minimum Gasteiger partial charge on any atom is -0.398 e. The zero-order valence-corrected chi connectivity index (χ0v) is 11.7.